The quantitative estimate of drug-likeness (QED) is 0.814. The highest BCUT2D eigenvalue weighted by Gasteiger charge is 2.19. The highest BCUT2D eigenvalue weighted by molar-refractivity contribution is 5.96. The number of ketones is 1. The molecule has 0 amide bonds. The van der Waals surface area contributed by atoms with Crippen molar-refractivity contribution < 1.29 is 9.90 Å². The molecule has 0 saturated carbocycles. The molecule has 0 aliphatic rings. The fraction of sp³-hybridized carbons (Fsp3) is 0.278. The summed E-state index contributed by atoms with van der Waals surface area (Å²) in [5.41, 5.74) is 1.85. The second-order valence-electron chi connectivity index (χ2n) is 5.23. The number of hydrogen-bond donors (Lipinski definition) is 1. The van der Waals surface area contributed by atoms with Gasteiger partial charge < -0.3 is 5.11 Å². The first-order chi connectivity index (χ1) is 9.66. The van der Waals surface area contributed by atoms with Gasteiger partial charge in [-0.3, -0.25) is 4.79 Å². The Morgan fingerprint density at radius 2 is 1.55 bits per heavy atom. The van der Waals surface area contributed by atoms with Crippen LogP contribution in [-0.4, -0.2) is 17.0 Å². The predicted octanol–water partition coefficient (Wildman–Crippen LogP) is 3.50. The number of benzene rings is 2. The molecular weight excluding hydrogens is 248 g/mol. The highest BCUT2D eigenvalue weighted by Crippen LogP contribution is 2.16. The normalized spacial score (nSPS) is 13.7. The molecule has 0 fully saturated rings. The van der Waals surface area contributed by atoms with Gasteiger partial charge in [0.05, 0.1) is 6.10 Å². The van der Waals surface area contributed by atoms with Crippen LogP contribution in [0.25, 0.3) is 0 Å². The van der Waals surface area contributed by atoms with Crippen LogP contribution in [-0.2, 0) is 6.42 Å². The third kappa shape index (κ3) is 4.04. The number of carbonyl (C=O) groups excluding carboxylic acids is 1. The Morgan fingerprint density at radius 1 is 1.00 bits per heavy atom. The summed E-state index contributed by atoms with van der Waals surface area (Å²) in [4.78, 5) is 12.1. The maximum atomic E-state index is 12.1. The van der Waals surface area contributed by atoms with Gasteiger partial charge in [-0.2, -0.15) is 0 Å². The van der Waals surface area contributed by atoms with Gasteiger partial charge in [0.25, 0.3) is 0 Å². The molecule has 0 radical (unpaired) electrons. The topological polar surface area (TPSA) is 37.3 Å². The molecule has 2 aromatic rings. The van der Waals surface area contributed by atoms with E-state index in [4.69, 9.17) is 0 Å². The molecule has 20 heavy (non-hydrogen) atoms. The van der Waals surface area contributed by atoms with Crippen LogP contribution >= 0.6 is 0 Å². The molecule has 0 spiro atoms. The van der Waals surface area contributed by atoms with Crippen molar-refractivity contribution >= 4 is 5.78 Å². The van der Waals surface area contributed by atoms with Crippen LogP contribution in [0.2, 0.25) is 0 Å². The standard InChI is InChI=1S/C18H20O2/c1-14(12-15-8-4-2-5-9-15)17(19)13-18(20)16-10-6-3-7-11-16/h2-11,14,17,19H,12-13H2,1H3/t14-,17-/m1/s1. The molecule has 2 aromatic carbocycles. The van der Waals surface area contributed by atoms with Gasteiger partial charge in [0, 0.05) is 12.0 Å². The van der Waals surface area contributed by atoms with Crippen molar-refractivity contribution in [2.45, 2.75) is 25.9 Å². The zero-order chi connectivity index (χ0) is 14.4. The average Bonchev–Trinajstić information content (AvgIpc) is 2.49. The van der Waals surface area contributed by atoms with Crippen LogP contribution in [0.15, 0.2) is 60.7 Å². The molecule has 0 aliphatic carbocycles. The largest absolute Gasteiger partial charge is 0.392 e. The van der Waals surface area contributed by atoms with E-state index < -0.39 is 6.10 Å². The van der Waals surface area contributed by atoms with E-state index in [1.165, 1.54) is 5.56 Å². The van der Waals surface area contributed by atoms with E-state index >= 15 is 0 Å². The van der Waals surface area contributed by atoms with Crippen molar-refractivity contribution in [3.8, 4) is 0 Å². The summed E-state index contributed by atoms with van der Waals surface area (Å²) in [5.74, 6) is 0.0584. The van der Waals surface area contributed by atoms with E-state index in [0.717, 1.165) is 6.42 Å². The van der Waals surface area contributed by atoms with Crippen LogP contribution in [0.5, 0.6) is 0 Å². The second-order valence-corrected chi connectivity index (χ2v) is 5.23. The van der Waals surface area contributed by atoms with Crippen molar-refractivity contribution in [3.05, 3.63) is 71.8 Å². The van der Waals surface area contributed by atoms with Gasteiger partial charge in [0.2, 0.25) is 0 Å². The third-order valence-corrected chi connectivity index (χ3v) is 3.55. The molecule has 2 heteroatoms. The number of Topliss-reactive ketones (excluding diaryl/α,β-unsaturated/α-hetero) is 1. The Labute approximate surface area is 120 Å². The molecule has 104 valence electrons. The highest BCUT2D eigenvalue weighted by atomic mass is 16.3. The maximum Gasteiger partial charge on any atom is 0.165 e. The summed E-state index contributed by atoms with van der Waals surface area (Å²) in [7, 11) is 0. The Morgan fingerprint density at radius 3 is 2.15 bits per heavy atom. The van der Waals surface area contributed by atoms with Crippen LogP contribution in [0, 0.1) is 5.92 Å². The van der Waals surface area contributed by atoms with E-state index in [2.05, 4.69) is 0 Å². The molecular formula is C18H20O2. The SMILES string of the molecule is C[C@H](Cc1ccccc1)[C@H](O)CC(=O)c1ccccc1. The van der Waals surface area contributed by atoms with Crippen molar-refractivity contribution in [1.29, 1.82) is 0 Å². The van der Waals surface area contributed by atoms with Gasteiger partial charge in [-0.15, -0.1) is 0 Å². The summed E-state index contributed by atoms with van der Waals surface area (Å²) < 4.78 is 0. The monoisotopic (exact) mass is 268 g/mol. The summed E-state index contributed by atoms with van der Waals surface area (Å²) in [6, 6.07) is 19.2. The first kappa shape index (κ1) is 14.5. The number of aliphatic hydroxyl groups excluding tert-OH is 1. The summed E-state index contributed by atoms with van der Waals surface area (Å²) in [6.45, 7) is 1.98. The van der Waals surface area contributed by atoms with E-state index in [0.29, 0.717) is 5.56 Å². The van der Waals surface area contributed by atoms with Crippen LogP contribution < -0.4 is 0 Å². The average molecular weight is 268 g/mol. The minimum Gasteiger partial charge on any atom is -0.392 e. The van der Waals surface area contributed by atoms with E-state index in [9.17, 15) is 9.90 Å². The Hall–Kier alpha value is -1.93. The number of rotatable bonds is 6. The van der Waals surface area contributed by atoms with Crippen LogP contribution in [0.1, 0.15) is 29.3 Å². The molecule has 2 nitrogen and oxygen atoms in total. The Kier molecular flexibility index (Phi) is 5.08. The predicted molar refractivity (Wildman–Crippen MR) is 80.7 cm³/mol. The Balaban J connectivity index is 1.91. The fourth-order valence-corrected chi connectivity index (χ4v) is 2.25. The molecule has 0 heterocycles. The van der Waals surface area contributed by atoms with Crippen LogP contribution in [0.3, 0.4) is 0 Å². The molecule has 0 bridgehead atoms. The summed E-state index contributed by atoms with van der Waals surface area (Å²) >= 11 is 0. The third-order valence-electron chi connectivity index (χ3n) is 3.55. The van der Waals surface area contributed by atoms with Gasteiger partial charge in [-0.25, -0.2) is 0 Å². The zero-order valence-corrected chi connectivity index (χ0v) is 11.7. The second kappa shape index (κ2) is 7.01. The van der Waals surface area contributed by atoms with Crippen molar-refractivity contribution in [2.24, 2.45) is 5.92 Å². The van der Waals surface area contributed by atoms with Gasteiger partial charge in [-0.05, 0) is 17.9 Å². The number of hydrogen-bond acceptors (Lipinski definition) is 2. The molecule has 0 aromatic heterocycles. The van der Waals surface area contributed by atoms with E-state index in [-0.39, 0.29) is 18.1 Å². The lowest BCUT2D eigenvalue weighted by Gasteiger charge is -2.18. The first-order valence-corrected chi connectivity index (χ1v) is 6.97. The van der Waals surface area contributed by atoms with Gasteiger partial charge in [0.1, 0.15) is 0 Å². The lowest BCUT2D eigenvalue weighted by atomic mass is 9.91. The van der Waals surface area contributed by atoms with Gasteiger partial charge in [-0.1, -0.05) is 67.6 Å². The minimum atomic E-state index is -0.608. The molecule has 0 unspecified atom stereocenters. The first-order valence-electron chi connectivity index (χ1n) is 6.97. The smallest absolute Gasteiger partial charge is 0.165 e. The number of carbonyl (C=O) groups is 1. The molecule has 1 N–H and O–H groups in total. The lowest BCUT2D eigenvalue weighted by Crippen LogP contribution is -2.23. The summed E-state index contributed by atoms with van der Waals surface area (Å²) in [6.07, 6.45) is 0.352. The summed E-state index contributed by atoms with van der Waals surface area (Å²) in [5, 5.41) is 10.2. The van der Waals surface area contributed by atoms with E-state index in [1.54, 1.807) is 12.1 Å². The van der Waals surface area contributed by atoms with E-state index in [1.807, 2.05) is 55.5 Å². The Bertz CT molecular complexity index is 534. The molecule has 0 saturated heterocycles. The zero-order valence-electron chi connectivity index (χ0n) is 11.7. The number of aliphatic hydroxyl groups is 1. The minimum absolute atomic E-state index is 0.00184. The fourth-order valence-electron chi connectivity index (χ4n) is 2.25. The van der Waals surface area contributed by atoms with Crippen molar-refractivity contribution in [2.75, 3.05) is 0 Å². The van der Waals surface area contributed by atoms with Gasteiger partial charge >= 0.3 is 0 Å². The van der Waals surface area contributed by atoms with Gasteiger partial charge in [0.15, 0.2) is 5.78 Å². The van der Waals surface area contributed by atoms with Crippen molar-refractivity contribution in [3.63, 3.8) is 0 Å². The lowest BCUT2D eigenvalue weighted by molar-refractivity contribution is 0.0765. The maximum absolute atomic E-state index is 12.1. The molecule has 2 atom stereocenters. The van der Waals surface area contributed by atoms with Crippen LogP contribution in [0.4, 0.5) is 0 Å². The molecule has 2 rings (SSSR count). The van der Waals surface area contributed by atoms with Crippen molar-refractivity contribution in [1.82, 2.24) is 0 Å². The molecule has 0 aliphatic heterocycles.